The molecule has 0 atom stereocenters. The summed E-state index contributed by atoms with van der Waals surface area (Å²) in [6, 6.07) is 3.46. The number of aromatic carboxylic acids is 1. The highest BCUT2D eigenvalue weighted by Gasteiger charge is 2.14. The molecule has 0 aliphatic heterocycles. The third kappa shape index (κ3) is 4.58. The van der Waals surface area contributed by atoms with Crippen molar-refractivity contribution in [3.05, 3.63) is 22.7 Å². The maximum Gasteiger partial charge on any atom is 0.337 e. The van der Waals surface area contributed by atoms with Crippen molar-refractivity contribution < 1.29 is 9.90 Å². The van der Waals surface area contributed by atoms with Crippen molar-refractivity contribution in [2.75, 3.05) is 31.2 Å². The van der Waals surface area contributed by atoms with E-state index in [-0.39, 0.29) is 5.56 Å². The molecule has 1 rings (SSSR count). The predicted molar refractivity (Wildman–Crippen MR) is 83.7 cm³/mol. The number of rotatable bonds is 7. The molecular weight excluding hydrogens is 278 g/mol. The molecule has 0 amide bonds. The van der Waals surface area contributed by atoms with Crippen molar-refractivity contribution in [1.29, 1.82) is 0 Å². The highest BCUT2D eigenvalue weighted by molar-refractivity contribution is 6.34. The zero-order valence-corrected chi connectivity index (χ0v) is 12.9. The average Bonchev–Trinajstić information content (AvgIpc) is 2.35. The maximum atomic E-state index is 11.2. The lowest BCUT2D eigenvalue weighted by atomic mass is 10.1. The van der Waals surface area contributed by atoms with E-state index in [1.54, 1.807) is 6.07 Å². The lowest BCUT2D eigenvalue weighted by Crippen LogP contribution is -2.28. The fourth-order valence-corrected chi connectivity index (χ4v) is 2.07. The minimum atomic E-state index is -1.04. The molecule has 112 valence electrons. The van der Waals surface area contributed by atoms with Crippen LogP contribution in [-0.2, 0) is 0 Å². The van der Waals surface area contributed by atoms with E-state index in [9.17, 15) is 4.79 Å². The van der Waals surface area contributed by atoms with Gasteiger partial charge in [0.25, 0.3) is 0 Å². The van der Waals surface area contributed by atoms with E-state index in [0.29, 0.717) is 29.0 Å². The van der Waals surface area contributed by atoms with E-state index in [0.717, 1.165) is 13.0 Å². The zero-order valence-electron chi connectivity index (χ0n) is 12.1. The Hall–Kier alpha value is -1.46. The number of halogens is 1. The lowest BCUT2D eigenvalue weighted by molar-refractivity contribution is 0.0698. The molecule has 0 bridgehead atoms. The molecule has 1 aromatic rings. The minimum Gasteiger partial charge on any atom is -0.478 e. The zero-order chi connectivity index (χ0) is 15.3. The molecule has 0 saturated heterocycles. The van der Waals surface area contributed by atoms with E-state index < -0.39 is 5.97 Å². The van der Waals surface area contributed by atoms with Gasteiger partial charge in [-0.15, -0.1) is 0 Å². The van der Waals surface area contributed by atoms with E-state index in [1.807, 2.05) is 0 Å². The van der Waals surface area contributed by atoms with Crippen molar-refractivity contribution in [3.8, 4) is 0 Å². The van der Waals surface area contributed by atoms with Crippen molar-refractivity contribution >= 4 is 28.9 Å². The first-order valence-electron chi connectivity index (χ1n) is 6.59. The molecule has 0 fully saturated rings. The number of carboxylic acids is 1. The van der Waals surface area contributed by atoms with Gasteiger partial charge in [-0.25, -0.2) is 4.79 Å². The minimum absolute atomic E-state index is 0.104. The molecule has 4 N–H and O–H groups in total. The first-order chi connectivity index (χ1) is 9.32. The Labute approximate surface area is 124 Å². The predicted octanol–water partition coefficient (Wildman–Crippen LogP) is 2.76. The van der Waals surface area contributed by atoms with Crippen LogP contribution < -0.4 is 11.1 Å². The molecule has 0 aromatic heterocycles. The van der Waals surface area contributed by atoms with Crippen LogP contribution in [-0.4, -0.2) is 42.2 Å². The van der Waals surface area contributed by atoms with Gasteiger partial charge >= 0.3 is 5.97 Å². The summed E-state index contributed by atoms with van der Waals surface area (Å²) in [5.41, 5.74) is 6.49. The Morgan fingerprint density at radius 2 is 2.15 bits per heavy atom. The maximum absolute atomic E-state index is 11.2. The van der Waals surface area contributed by atoms with Crippen LogP contribution >= 0.6 is 11.6 Å². The molecule has 1 aromatic carbocycles. The van der Waals surface area contributed by atoms with Crippen molar-refractivity contribution in [3.63, 3.8) is 0 Å². The van der Waals surface area contributed by atoms with Gasteiger partial charge in [0.1, 0.15) is 0 Å². The molecule has 0 saturated carbocycles. The standard InChI is InChI=1S/C14H22ClN3O2/c1-9(2)18(3)6-4-5-17-13-11(14(19)20)7-10(16)8-12(13)15/h7-9,17H,4-6,16H2,1-3H3,(H,19,20). The highest BCUT2D eigenvalue weighted by Crippen LogP contribution is 2.29. The Morgan fingerprint density at radius 3 is 2.70 bits per heavy atom. The Morgan fingerprint density at radius 1 is 1.50 bits per heavy atom. The second-order valence-electron chi connectivity index (χ2n) is 5.09. The van der Waals surface area contributed by atoms with Crippen molar-refractivity contribution in [2.45, 2.75) is 26.3 Å². The number of hydrogen-bond donors (Lipinski definition) is 3. The van der Waals surface area contributed by atoms with Gasteiger partial charge in [0.2, 0.25) is 0 Å². The van der Waals surface area contributed by atoms with Crippen LogP contribution in [0.25, 0.3) is 0 Å². The summed E-state index contributed by atoms with van der Waals surface area (Å²) in [7, 11) is 2.06. The fourth-order valence-electron chi connectivity index (χ4n) is 1.78. The molecule has 6 heteroatoms. The number of benzene rings is 1. The molecule has 20 heavy (non-hydrogen) atoms. The Balaban J connectivity index is 2.66. The van der Waals surface area contributed by atoms with Gasteiger partial charge in [-0.1, -0.05) is 11.6 Å². The van der Waals surface area contributed by atoms with Gasteiger partial charge in [-0.05, 0) is 46.0 Å². The topological polar surface area (TPSA) is 78.6 Å². The SMILES string of the molecule is CC(C)N(C)CCCNc1c(Cl)cc(N)cc1C(=O)O. The molecule has 0 heterocycles. The number of anilines is 2. The van der Waals surface area contributed by atoms with E-state index in [1.165, 1.54) is 6.07 Å². The molecule has 0 aliphatic rings. The van der Waals surface area contributed by atoms with Crippen LogP contribution in [0, 0.1) is 0 Å². The molecule has 0 radical (unpaired) electrons. The summed E-state index contributed by atoms with van der Waals surface area (Å²) in [5, 5.41) is 12.6. The van der Waals surface area contributed by atoms with E-state index in [4.69, 9.17) is 22.4 Å². The van der Waals surface area contributed by atoms with Gasteiger partial charge in [-0.2, -0.15) is 0 Å². The normalized spacial score (nSPS) is 11.1. The van der Waals surface area contributed by atoms with E-state index in [2.05, 4.69) is 31.1 Å². The van der Waals surface area contributed by atoms with Gasteiger partial charge < -0.3 is 21.1 Å². The molecule has 0 aliphatic carbocycles. The number of hydrogen-bond acceptors (Lipinski definition) is 4. The number of nitrogens with two attached hydrogens (primary N) is 1. The molecule has 5 nitrogen and oxygen atoms in total. The van der Waals surface area contributed by atoms with Gasteiger partial charge in [0, 0.05) is 18.3 Å². The summed E-state index contributed by atoms with van der Waals surface area (Å²) >= 11 is 6.05. The van der Waals surface area contributed by atoms with Gasteiger partial charge in [0.05, 0.1) is 16.3 Å². The summed E-state index contributed by atoms with van der Waals surface area (Å²) in [5.74, 6) is -1.04. The monoisotopic (exact) mass is 299 g/mol. The fraction of sp³-hybridized carbons (Fsp3) is 0.500. The van der Waals surface area contributed by atoms with Crippen LogP contribution in [0.2, 0.25) is 5.02 Å². The average molecular weight is 300 g/mol. The van der Waals surface area contributed by atoms with Crippen LogP contribution in [0.4, 0.5) is 11.4 Å². The number of carboxylic acid groups (broad SMARTS) is 1. The van der Waals surface area contributed by atoms with Gasteiger partial charge in [-0.3, -0.25) is 0 Å². The lowest BCUT2D eigenvalue weighted by Gasteiger charge is -2.21. The third-order valence-electron chi connectivity index (χ3n) is 3.21. The summed E-state index contributed by atoms with van der Waals surface area (Å²) in [4.78, 5) is 13.4. The number of nitrogens with zero attached hydrogens (tertiary/aromatic N) is 1. The van der Waals surface area contributed by atoms with Crippen LogP contribution in [0.15, 0.2) is 12.1 Å². The van der Waals surface area contributed by atoms with Crippen molar-refractivity contribution in [2.24, 2.45) is 0 Å². The first-order valence-corrected chi connectivity index (χ1v) is 6.97. The Kier molecular flexibility index (Phi) is 6.10. The molecule has 0 spiro atoms. The summed E-state index contributed by atoms with van der Waals surface area (Å²) < 4.78 is 0. The van der Waals surface area contributed by atoms with Crippen LogP contribution in [0.5, 0.6) is 0 Å². The second-order valence-corrected chi connectivity index (χ2v) is 5.49. The largest absolute Gasteiger partial charge is 0.478 e. The van der Waals surface area contributed by atoms with Crippen molar-refractivity contribution in [1.82, 2.24) is 4.90 Å². The number of carbonyl (C=O) groups is 1. The summed E-state index contributed by atoms with van der Waals surface area (Å²) in [6.07, 6.45) is 0.897. The molecule has 0 unspecified atom stereocenters. The van der Waals surface area contributed by atoms with Crippen LogP contribution in [0.3, 0.4) is 0 Å². The smallest absolute Gasteiger partial charge is 0.337 e. The number of nitrogens with one attached hydrogen (secondary N) is 1. The molecular formula is C14H22ClN3O2. The van der Waals surface area contributed by atoms with E-state index >= 15 is 0 Å². The first kappa shape index (κ1) is 16.6. The highest BCUT2D eigenvalue weighted by atomic mass is 35.5. The Bertz CT molecular complexity index is 478. The van der Waals surface area contributed by atoms with Crippen LogP contribution in [0.1, 0.15) is 30.6 Å². The quantitative estimate of drug-likeness (QED) is 0.533. The van der Waals surface area contributed by atoms with Gasteiger partial charge in [0.15, 0.2) is 0 Å². The third-order valence-corrected chi connectivity index (χ3v) is 3.51. The number of nitrogen functional groups attached to an aromatic ring is 1. The second kappa shape index (κ2) is 7.36. The summed E-state index contributed by atoms with van der Waals surface area (Å²) in [6.45, 7) is 5.85.